The van der Waals surface area contributed by atoms with Crippen LogP contribution in [0.5, 0.6) is 0 Å². The SMILES string of the molecule is C[C@@H]1C[C@H](C)CN(c2ccc(C(C)(C)C)cc2Cl)C1. The van der Waals surface area contributed by atoms with Crippen molar-refractivity contribution >= 4 is 17.3 Å². The van der Waals surface area contributed by atoms with Crippen LogP contribution in [0.2, 0.25) is 5.02 Å². The van der Waals surface area contributed by atoms with Gasteiger partial charge in [0.05, 0.1) is 10.7 Å². The van der Waals surface area contributed by atoms with Crippen molar-refractivity contribution in [3.05, 3.63) is 28.8 Å². The van der Waals surface area contributed by atoms with E-state index in [0.717, 1.165) is 29.9 Å². The maximum Gasteiger partial charge on any atom is 0.0642 e. The van der Waals surface area contributed by atoms with Gasteiger partial charge in [-0.1, -0.05) is 52.3 Å². The van der Waals surface area contributed by atoms with Gasteiger partial charge in [-0.15, -0.1) is 0 Å². The minimum absolute atomic E-state index is 0.157. The molecule has 0 amide bonds. The standard InChI is InChI=1S/C17H26ClN/c1-12-8-13(2)11-19(10-12)16-7-6-14(9-15(16)18)17(3,4)5/h6-7,9,12-13H,8,10-11H2,1-5H3/t12-,13+. The van der Waals surface area contributed by atoms with Crippen molar-refractivity contribution in [3.8, 4) is 0 Å². The Balaban J connectivity index is 2.26. The monoisotopic (exact) mass is 279 g/mol. The summed E-state index contributed by atoms with van der Waals surface area (Å²) in [6, 6.07) is 6.57. The fraction of sp³-hybridized carbons (Fsp3) is 0.647. The van der Waals surface area contributed by atoms with Crippen LogP contribution in [0.15, 0.2) is 18.2 Å². The van der Waals surface area contributed by atoms with Gasteiger partial charge in [-0.05, 0) is 41.4 Å². The first-order valence-corrected chi connectivity index (χ1v) is 7.70. The number of piperidine rings is 1. The van der Waals surface area contributed by atoms with Crippen LogP contribution in [0.1, 0.15) is 46.6 Å². The third-order valence-electron chi connectivity index (χ3n) is 4.02. The van der Waals surface area contributed by atoms with Gasteiger partial charge in [-0.25, -0.2) is 0 Å². The molecule has 19 heavy (non-hydrogen) atoms. The number of hydrogen-bond acceptors (Lipinski definition) is 1. The lowest BCUT2D eigenvalue weighted by molar-refractivity contribution is 0.357. The van der Waals surface area contributed by atoms with Crippen LogP contribution in [0, 0.1) is 11.8 Å². The summed E-state index contributed by atoms with van der Waals surface area (Å²) in [5, 5.41) is 0.897. The maximum atomic E-state index is 6.52. The van der Waals surface area contributed by atoms with E-state index >= 15 is 0 Å². The van der Waals surface area contributed by atoms with Crippen LogP contribution in [-0.2, 0) is 5.41 Å². The van der Waals surface area contributed by atoms with E-state index in [-0.39, 0.29) is 5.41 Å². The van der Waals surface area contributed by atoms with Gasteiger partial charge in [-0.3, -0.25) is 0 Å². The highest BCUT2D eigenvalue weighted by molar-refractivity contribution is 6.33. The molecule has 0 unspecified atom stereocenters. The molecule has 2 rings (SSSR count). The zero-order valence-electron chi connectivity index (χ0n) is 12.8. The predicted octanol–water partition coefficient (Wildman–Crippen LogP) is 5.12. The molecule has 2 atom stereocenters. The second-order valence-corrected chi connectivity index (χ2v) is 7.67. The van der Waals surface area contributed by atoms with E-state index in [9.17, 15) is 0 Å². The van der Waals surface area contributed by atoms with Gasteiger partial charge in [0.15, 0.2) is 0 Å². The second kappa shape index (κ2) is 5.36. The molecular formula is C17H26ClN. The third kappa shape index (κ3) is 3.45. The molecule has 2 heteroatoms. The van der Waals surface area contributed by atoms with E-state index in [0.29, 0.717) is 0 Å². The average molecular weight is 280 g/mol. The Kier molecular flexibility index (Phi) is 4.15. The van der Waals surface area contributed by atoms with Gasteiger partial charge in [0, 0.05) is 13.1 Å². The van der Waals surface area contributed by atoms with Crippen LogP contribution < -0.4 is 4.90 Å². The molecule has 0 aromatic heterocycles. The van der Waals surface area contributed by atoms with Crippen LogP contribution in [0.4, 0.5) is 5.69 Å². The first-order chi connectivity index (χ1) is 8.77. The molecule has 1 aromatic rings. The Morgan fingerprint density at radius 2 is 1.68 bits per heavy atom. The van der Waals surface area contributed by atoms with Crippen molar-refractivity contribution in [2.75, 3.05) is 18.0 Å². The maximum absolute atomic E-state index is 6.52. The molecule has 1 saturated heterocycles. The summed E-state index contributed by atoms with van der Waals surface area (Å²) in [7, 11) is 0. The number of halogens is 1. The molecule has 0 radical (unpaired) electrons. The highest BCUT2D eigenvalue weighted by Gasteiger charge is 2.24. The minimum Gasteiger partial charge on any atom is -0.370 e. The number of benzene rings is 1. The molecule has 0 saturated carbocycles. The summed E-state index contributed by atoms with van der Waals surface area (Å²) < 4.78 is 0. The third-order valence-corrected chi connectivity index (χ3v) is 4.33. The van der Waals surface area contributed by atoms with Crippen molar-refractivity contribution < 1.29 is 0 Å². The van der Waals surface area contributed by atoms with E-state index in [4.69, 9.17) is 11.6 Å². The second-order valence-electron chi connectivity index (χ2n) is 7.27. The molecule has 106 valence electrons. The molecule has 0 spiro atoms. The zero-order chi connectivity index (χ0) is 14.2. The highest BCUT2D eigenvalue weighted by atomic mass is 35.5. The molecule has 0 N–H and O–H groups in total. The lowest BCUT2D eigenvalue weighted by atomic mass is 9.86. The van der Waals surface area contributed by atoms with E-state index in [1.807, 2.05) is 0 Å². The van der Waals surface area contributed by atoms with E-state index in [1.165, 1.54) is 17.7 Å². The van der Waals surface area contributed by atoms with Gasteiger partial charge >= 0.3 is 0 Å². The first-order valence-electron chi connectivity index (χ1n) is 7.32. The Bertz CT molecular complexity index is 437. The lowest BCUT2D eigenvalue weighted by Crippen LogP contribution is -2.38. The van der Waals surface area contributed by atoms with Gasteiger partial charge in [0.1, 0.15) is 0 Å². The fourth-order valence-corrected chi connectivity index (χ4v) is 3.39. The van der Waals surface area contributed by atoms with Crippen LogP contribution in [-0.4, -0.2) is 13.1 Å². The Morgan fingerprint density at radius 3 is 2.16 bits per heavy atom. The molecule has 1 aliphatic heterocycles. The molecule has 1 nitrogen and oxygen atoms in total. The zero-order valence-corrected chi connectivity index (χ0v) is 13.6. The summed E-state index contributed by atoms with van der Waals surface area (Å²) in [6.07, 6.45) is 1.33. The van der Waals surface area contributed by atoms with Crippen molar-refractivity contribution in [1.29, 1.82) is 0 Å². The first kappa shape index (κ1) is 14.7. The molecule has 1 aliphatic rings. The van der Waals surface area contributed by atoms with Gasteiger partial charge in [0.25, 0.3) is 0 Å². The fourth-order valence-electron chi connectivity index (χ4n) is 3.09. The minimum atomic E-state index is 0.157. The summed E-state index contributed by atoms with van der Waals surface area (Å²) in [5.41, 5.74) is 2.66. The van der Waals surface area contributed by atoms with Crippen LogP contribution in [0.3, 0.4) is 0 Å². The quantitative estimate of drug-likeness (QED) is 0.690. The molecule has 1 aromatic carbocycles. The summed E-state index contributed by atoms with van der Waals surface area (Å²) >= 11 is 6.52. The predicted molar refractivity (Wildman–Crippen MR) is 85.3 cm³/mol. The van der Waals surface area contributed by atoms with Crippen molar-refractivity contribution in [2.45, 2.75) is 46.5 Å². The smallest absolute Gasteiger partial charge is 0.0642 e. The van der Waals surface area contributed by atoms with Crippen molar-refractivity contribution in [3.63, 3.8) is 0 Å². The van der Waals surface area contributed by atoms with Gasteiger partial charge in [-0.2, -0.15) is 0 Å². The number of anilines is 1. The van der Waals surface area contributed by atoms with E-state index < -0.39 is 0 Å². The molecular weight excluding hydrogens is 254 g/mol. The Hall–Kier alpha value is -0.690. The number of nitrogens with zero attached hydrogens (tertiary/aromatic N) is 1. The molecule has 1 heterocycles. The number of hydrogen-bond donors (Lipinski definition) is 0. The summed E-state index contributed by atoms with van der Waals surface area (Å²) in [6.45, 7) is 13.6. The van der Waals surface area contributed by atoms with E-state index in [2.05, 4.69) is 57.7 Å². The summed E-state index contributed by atoms with van der Waals surface area (Å²) in [5.74, 6) is 1.50. The largest absolute Gasteiger partial charge is 0.370 e. The van der Waals surface area contributed by atoms with Crippen LogP contribution in [0.25, 0.3) is 0 Å². The molecule has 0 aliphatic carbocycles. The van der Waals surface area contributed by atoms with E-state index in [1.54, 1.807) is 0 Å². The molecule has 1 fully saturated rings. The van der Waals surface area contributed by atoms with Gasteiger partial charge in [0.2, 0.25) is 0 Å². The van der Waals surface area contributed by atoms with Gasteiger partial charge < -0.3 is 4.90 Å². The lowest BCUT2D eigenvalue weighted by Gasteiger charge is -2.37. The number of rotatable bonds is 1. The molecule has 0 bridgehead atoms. The van der Waals surface area contributed by atoms with Crippen molar-refractivity contribution in [2.24, 2.45) is 11.8 Å². The van der Waals surface area contributed by atoms with Crippen molar-refractivity contribution in [1.82, 2.24) is 0 Å². The summed E-state index contributed by atoms with van der Waals surface area (Å²) in [4.78, 5) is 2.45. The topological polar surface area (TPSA) is 3.24 Å². The highest BCUT2D eigenvalue weighted by Crippen LogP contribution is 2.34. The normalized spacial score (nSPS) is 24.6. The Morgan fingerprint density at radius 1 is 1.11 bits per heavy atom. The Labute approximate surface area is 123 Å². The van der Waals surface area contributed by atoms with Crippen LogP contribution >= 0.6 is 11.6 Å². The average Bonchev–Trinajstić information content (AvgIpc) is 2.26.